The molecule has 2 aromatic carbocycles. The molecule has 2 aromatic rings. The fourth-order valence-corrected chi connectivity index (χ4v) is 5.08. The summed E-state index contributed by atoms with van der Waals surface area (Å²) < 4.78 is 0. The minimum absolute atomic E-state index is 0.122. The van der Waals surface area contributed by atoms with E-state index in [0.29, 0.717) is 35.1 Å². The lowest BCUT2D eigenvalue weighted by Gasteiger charge is -2.32. The number of hydrogen-bond acceptors (Lipinski definition) is 4. The summed E-state index contributed by atoms with van der Waals surface area (Å²) in [6.07, 6.45) is 1.44. The zero-order valence-corrected chi connectivity index (χ0v) is 20.4. The van der Waals surface area contributed by atoms with Crippen LogP contribution in [-0.2, 0) is 17.9 Å². The number of hydrogen-bond donors (Lipinski definition) is 1. The van der Waals surface area contributed by atoms with Crippen LogP contribution in [0.15, 0.2) is 42.5 Å². The van der Waals surface area contributed by atoms with E-state index in [4.69, 9.17) is 23.2 Å². The van der Waals surface area contributed by atoms with Gasteiger partial charge in [0, 0.05) is 61.4 Å². The normalized spacial score (nSPS) is 19.6. The van der Waals surface area contributed by atoms with Crippen molar-refractivity contribution in [3.63, 3.8) is 0 Å². The number of carbonyl (C=O) groups excluding carboxylic acids is 2. The highest BCUT2D eigenvalue weighted by molar-refractivity contribution is 6.35. The number of benzene rings is 2. The Hall–Kier alpha value is -2.12. The minimum atomic E-state index is -0.486. The smallest absolute Gasteiger partial charge is 0.254 e. The predicted molar refractivity (Wildman–Crippen MR) is 132 cm³/mol. The van der Waals surface area contributed by atoms with Crippen molar-refractivity contribution >= 4 is 35.0 Å². The number of halogens is 2. The molecule has 1 N–H and O–H groups in total. The SMILES string of the molecule is CN1CCN(Cc2ccccc2CNC(=O)C2CCCN2C(=O)c2cc(Cl)cc(Cl)c2)CC1. The molecule has 6 nitrogen and oxygen atoms in total. The maximum absolute atomic E-state index is 13.1. The Morgan fingerprint density at radius 2 is 1.64 bits per heavy atom. The highest BCUT2D eigenvalue weighted by atomic mass is 35.5. The van der Waals surface area contributed by atoms with Crippen molar-refractivity contribution in [1.29, 1.82) is 0 Å². The third-order valence-corrected chi connectivity index (χ3v) is 6.92. The van der Waals surface area contributed by atoms with Crippen molar-refractivity contribution in [3.05, 3.63) is 69.2 Å². The highest BCUT2D eigenvalue weighted by Gasteiger charge is 2.34. The van der Waals surface area contributed by atoms with Crippen molar-refractivity contribution < 1.29 is 9.59 Å². The van der Waals surface area contributed by atoms with Crippen LogP contribution in [0.4, 0.5) is 0 Å². The molecular weight excluding hydrogens is 459 g/mol. The summed E-state index contributed by atoms with van der Waals surface area (Å²) in [6, 6.07) is 12.5. The van der Waals surface area contributed by atoms with Crippen LogP contribution in [0.25, 0.3) is 0 Å². The van der Waals surface area contributed by atoms with E-state index in [1.165, 1.54) is 5.56 Å². The van der Waals surface area contributed by atoms with Gasteiger partial charge in [0.1, 0.15) is 6.04 Å². The average Bonchev–Trinajstić information content (AvgIpc) is 3.29. The number of nitrogens with one attached hydrogen (secondary N) is 1. The van der Waals surface area contributed by atoms with Gasteiger partial charge in [-0.3, -0.25) is 14.5 Å². The molecule has 2 amide bonds. The second kappa shape index (κ2) is 10.9. The van der Waals surface area contributed by atoms with Crippen LogP contribution in [0, 0.1) is 0 Å². The van der Waals surface area contributed by atoms with Crippen LogP contribution in [-0.4, -0.2) is 72.3 Å². The molecule has 0 bridgehead atoms. The third-order valence-electron chi connectivity index (χ3n) is 6.49. The topological polar surface area (TPSA) is 55.9 Å². The molecule has 2 aliphatic rings. The molecule has 0 aliphatic carbocycles. The Morgan fingerprint density at radius 1 is 0.970 bits per heavy atom. The third kappa shape index (κ3) is 6.07. The van der Waals surface area contributed by atoms with E-state index >= 15 is 0 Å². The molecule has 0 aromatic heterocycles. The summed E-state index contributed by atoms with van der Waals surface area (Å²) in [4.78, 5) is 32.5. The van der Waals surface area contributed by atoms with E-state index in [0.717, 1.165) is 44.7 Å². The van der Waals surface area contributed by atoms with Crippen molar-refractivity contribution in [3.8, 4) is 0 Å². The van der Waals surface area contributed by atoms with Crippen LogP contribution in [0.1, 0.15) is 34.3 Å². The van der Waals surface area contributed by atoms with Crippen LogP contribution < -0.4 is 5.32 Å². The number of nitrogens with zero attached hydrogens (tertiary/aromatic N) is 3. The van der Waals surface area contributed by atoms with Crippen LogP contribution in [0.3, 0.4) is 0 Å². The van der Waals surface area contributed by atoms with Gasteiger partial charge >= 0.3 is 0 Å². The number of carbonyl (C=O) groups is 2. The van der Waals surface area contributed by atoms with E-state index in [-0.39, 0.29) is 11.8 Å². The summed E-state index contributed by atoms with van der Waals surface area (Å²) >= 11 is 12.1. The Balaban J connectivity index is 1.39. The molecule has 1 unspecified atom stereocenters. The zero-order chi connectivity index (χ0) is 23.4. The van der Waals surface area contributed by atoms with Gasteiger partial charge in [0.15, 0.2) is 0 Å². The molecule has 0 spiro atoms. The summed E-state index contributed by atoms with van der Waals surface area (Å²) in [5.74, 6) is -0.337. The molecule has 33 heavy (non-hydrogen) atoms. The summed E-state index contributed by atoms with van der Waals surface area (Å²) in [5, 5.41) is 3.88. The standard InChI is InChI=1S/C25H30Cl2N4O2/c1-29-9-11-30(12-10-29)17-19-6-3-2-5-18(19)16-28-24(32)23-7-4-8-31(23)25(33)20-13-21(26)15-22(27)14-20/h2-3,5-6,13-15,23H,4,7-12,16-17H2,1H3,(H,28,32). The molecule has 4 rings (SSSR count). The summed E-state index contributed by atoms with van der Waals surface area (Å²) in [7, 11) is 2.15. The Bertz CT molecular complexity index is 987. The summed E-state index contributed by atoms with van der Waals surface area (Å²) in [5.41, 5.74) is 2.75. The first kappa shape index (κ1) is 24.0. The van der Waals surface area contributed by atoms with Gasteiger partial charge < -0.3 is 15.1 Å². The Labute approximate surface area is 205 Å². The fraction of sp³-hybridized carbons (Fsp3) is 0.440. The fourth-order valence-electron chi connectivity index (χ4n) is 4.56. The van der Waals surface area contributed by atoms with Crippen molar-refractivity contribution in [1.82, 2.24) is 20.0 Å². The van der Waals surface area contributed by atoms with E-state index < -0.39 is 6.04 Å². The van der Waals surface area contributed by atoms with Crippen molar-refractivity contribution in [2.75, 3.05) is 39.8 Å². The molecule has 176 valence electrons. The highest BCUT2D eigenvalue weighted by Crippen LogP contribution is 2.25. The van der Waals surface area contributed by atoms with E-state index in [1.807, 2.05) is 12.1 Å². The average molecular weight is 489 g/mol. The van der Waals surface area contributed by atoms with Crippen molar-refractivity contribution in [2.24, 2.45) is 0 Å². The van der Waals surface area contributed by atoms with Gasteiger partial charge in [-0.2, -0.15) is 0 Å². The van der Waals surface area contributed by atoms with Crippen molar-refractivity contribution in [2.45, 2.75) is 32.0 Å². The lowest BCUT2D eigenvalue weighted by Crippen LogP contribution is -2.46. The van der Waals surface area contributed by atoms with E-state index in [2.05, 4.69) is 34.3 Å². The van der Waals surface area contributed by atoms with Gasteiger partial charge in [-0.15, -0.1) is 0 Å². The second-order valence-electron chi connectivity index (χ2n) is 8.88. The number of piperazine rings is 1. The quantitative estimate of drug-likeness (QED) is 0.673. The number of likely N-dealkylation sites (N-methyl/N-ethyl adjacent to an activating group) is 1. The largest absolute Gasteiger partial charge is 0.350 e. The molecule has 2 saturated heterocycles. The van der Waals surface area contributed by atoms with Gasteiger partial charge in [-0.1, -0.05) is 47.5 Å². The lowest BCUT2D eigenvalue weighted by molar-refractivity contribution is -0.125. The molecule has 0 radical (unpaired) electrons. The maximum atomic E-state index is 13.1. The van der Waals surface area contributed by atoms with Crippen LogP contribution in [0.5, 0.6) is 0 Å². The Morgan fingerprint density at radius 3 is 2.33 bits per heavy atom. The first-order valence-electron chi connectivity index (χ1n) is 11.4. The molecule has 1 atom stereocenters. The molecular formula is C25H30Cl2N4O2. The molecule has 0 saturated carbocycles. The van der Waals surface area contributed by atoms with E-state index in [9.17, 15) is 9.59 Å². The van der Waals surface area contributed by atoms with Gasteiger partial charge in [-0.05, 0) is 49.2 Å². The Kier molecular flexibility index (Phi) is 7.91. The predicted octanol–water partition coefficient (Wildman–Crippen LogP) is 3.66. The number of rotatable bonds is 6. The van der Waals surface area contributed by atoms with Gasteiger partial charge in [0.25, 0.3) is 5.91 Å². The van der Waals surface area contributed by atoms with Crippen LogP contribution >= 0.6 is 23.2 Å². The van der Waals surface area contributed by atoms with Gasteiger partial charge in [0.2, 0.25) is 5.91 Å². The van der Waals surface area contributed by atoms with Gasteiger partial charge in [-0.25, -0.2) is 0 Å². The maximum Gasteiger partial charge on any atom is 0.254 e. The summed E-state index contributed by atoms with van der Waals surface area (Å²) in [6.45, 7) is 6.10. The lowest BCUT2D eigenvalue weighted by atomic mass is 10.1. The molecule has 2 fully saturated rings. The molecule has 2 heterocycles. The van der Waals surface area contributed by atoms with E-state index in [1.54, 1.807) is 23.1 Å². The monoisotopic (exact) mass is 488 g/mol. The van der Waals surface area contributed by atoms with Crippen LogP contribution in [0.2, 0.25) is 10.0 Å². The number of amides is 2. The van der Waals surface area contributed by atoms with Gasteiger partial charge in [0.05, 0.1) is 0 Å². The second-order valence-corrected chi connectivity index (χ2v) is 9.75. The first-order chi connectivity index (χ1) is 15.9. The minimum Gasteiger partial charge on any atom is -0.350 e. The molecule has 8 heteroatoms. The molecule has 2 aliphatic heterocycles. The number of likely N-dealkylation sites (tertiary alicyclic amines) is 1. The zero-order valence-electron chi connectivity index (χ0n) is 18.9. The first-order valence-corrected chi connectivity index (χ1v) is 12.2.